The third-order valence-corrected chi connectivity index (χ3v) is 4.72. The molecule has 1 aliphatic heterocycles. The maximum atomic E-state index is 12.1. The summed E-state index contributed by atoms with van der Waals surface area (Å²) in [5.41, 5.74) is 0.785. The van der Waals surface area contributed by atoms with Crippen LogP contribution in [0, 0.1) is 5.92 Å². The topological polar surface area (TPSA) is 62.5 Å². The summed E-state index contributed by atoms with van der Waals surface area (Å²) in [6, 6.07) is 3.63. The second kappa shape index (κ2) is 6.12. The van der Waals surface area contributed by atoms with Gasteiger partial charge in [0.05, 0.1) is 11.8 Å². The van der Waals surface area contributed by atoms with E-state index in [1.54, 1.807) is 24.7 Å². The van der Waals surface area contributed by atoms with Crippen LogP contribution in [0.1, 0.15) is 22.5 Å². The van der Waals surface area contributed by atoms with Crippen molar-refractivity contribution in [3.8, 4) is 0 Å². The summed E-state index contributed by atoms with van der Waals surface area (Å²) in [6.07, 6.45) is 6.70. The summed E-state index contributed by atoms with van der Waals surface area (Å²) in [5, 5.41) is 0. The quantitative estimate of drug-likeness (QED) is 0.858. The van der Waals surface area contributed by atoms with Crippen molar-refractivity contribution in [1.29, 1.82) is 0 Å². The average molecular weight is 312 g/mol. The van der Waals surface area contributed by atoms with Gasteiger partial charge in [-0.2, -0.15) is 0 Å². The second-order valence-corrected chi connectivity index (χ2v) is 6.29. The van der Waals surface area contributed by atoms with Gasteiger partial charge in [0, 0.05) is 58.0 Å². The minimum atomic E-state index is 0.223. The van der Waals surface area contributed by atoms with Crippen molar-refractivity contribution in [2.75, 3.05) is 37.6 Å². The van der Waals surface area contributed by atoms with Crippen LogP contribution >= 0.6 is 0 Å². The van der Waals surface area contributed by atoms with E-state index in [-0.39, 0.29) is 5.78 Å². The van der Waals surface area contributed by atoms with Crippen LogP contribution in [0.2, 0.25) is 0 Å². The smallest absolute Gasteiger partial charge is 0.225 e. The summed E-state index contributed by atoms with van der Waals surface area (Å²) >= 11 is 0. The summed E-state index contributed by atoms with van der Waals surface area (Å²) in [4.78, 5) is 25.4. The zero-order valence-electron chi connectivity index (χ0n) is 13.0. The molecule has 4 rings (SSSR count). The third-order valence-electron chi connectivity index (χ3n) is 4.72. The van der Waals surface area contributed by atoms with E-state index < -0.39 is 0 Å². The van der Waals surface area contributed by atoms with Crippen molar-refractivity contribution in [3.05, 3.63) is 42.1 Å². The molecule has 3 heterocycles. The molecule has 6 heteroatoms. The van der Waals surface area contributed by atoms with Crippen LogP contribution in [0.4, 0.5) is 5.95 Å². The first kappa shape index (κ1) is 14.4. The maximum Gasteiger partial charge on any atom is 0.225 e. The van der Waals surface area contributed by atoms with Gasteiger partial charge in [-0.15, -0.1) is 0 Å². The summed E-state index contributed by atoms with van der Waals surface area (Å²) in [6.45, 7) is 4.77. The number of fused-ring (bicyclic) bond motifs is 1. The van der Waals surface area contributed by atoms with Gasteiger partial charge in [0.25, 0.3) is 0 Å². The second-order valence-electron chi connectivity index (χ2n) is 6.29. The fraction of sp³-hybridized carbons (Fsp3) is 0.471. The Morgan fingerprint density at radius 1 is 1.13 bits per heavy atom. The van der Waals surface area contributed by atoms with Gasteiger partial charge >= 0.3 is 0 Å². The Morgan fingerprint density at radius 3 is 2.70 bits per heavy atom. The molecule has 1 saturated heterocycles. The minimum absolute atomic E-state index is 0.223. The first-order chi connectivity index (χ1) is 11.3. The van der Waals surface area contributed by atoms with Crippen LogP contribution in [0.3, 0.4) is 0 Å². The van der Waals surface area contributed by atoms with E-state index in [1.807, 2.05) is 6.07 Å². The Morgan fingerprint density at radius 2 is 1.91 bits per heavy atom. The van der Waals surface area contributed by atoms with Crippen molar-refractivity contribution in [1.82, 2.24) is 14.9 Å². The van der Waals surface area contributed by atoms with Gasteiger partial charge in [-0.3, -0.25) is 9.69 Å². The largest absolute Gasteiger partial charge is 0.469 e. The third kappa shape index (κ3) is 2.99. The van der Waals surface area contributed by atoms with Gasteiger partial charge in [-0.05, 0) is 18.1 Å². The monoisotopic (exact) mass is 312 g/mol. The molecule has 0 amide bonds. The molecule has 0 aromatic carbocycles. The molecule has 0 bridgehead atoms. The number of hydrogen-bond acceptors (Lipinski definition) is 6. The zero-order valence-corrected chi connectivity index (χ0v) is 13.0. The fourth-order valence-electron chi connectivity index (χ4n) is 3.53. The van der Waals surface area contributed by atoms with Crippen LogP contribution in [0.15, 0.2) is 35.2 Å². The van der Waals surface area contributed by atoms with E-state index in [9.17, 15) is 4.79 Å². The molecule has 2 aromatic heterocycles. The van der Waals surface area contributed by atoms with Crippen LogP contribution in [-0.2, 0) is 6.42 Å². The molecule has 2 aliphatic rings. The highest BCUT2D eigenvalue weighted by Gasteiger charge is 2.29. The Bertz CT molecular complexity index is 677. The number of piperazine rings is 1. The van der Waals surface area contributed by atoms with E-state index >= 15 is 0 Å². The van der Waals surface area contributed by atoms with Gasteiger partial charge in [0.2, 0.25) is 5.95 Å². The van der Waals surface area contributed by atoms with Crippen molar-refractivity contribution in [3.63, 3.8) is 0 Å². The summed E-state index contributed by atoms with van der Waals surface area (Å²) < 4.78 is 5.46. The molecule has 0 unspecified atom stereocenters. The Labute approximate surface area is 135 Å². The molecule has 0 radical (unpaired) electrons. The van der Waals surface area contributed by atoms with E-state index in [0.29, 0.717) is 12.3 Å². The molecule has 1 atom stereocenters. The van der Waals surface area contributed by atoms with Crippen molar-refractivity contribution < 1.29 is 9.21 Å². The summed E-state index contributed by atoms with van der Waals surface area (Å²) in [5.74, 6) is 2.25. The molecule has 120 valence electrons. The van der Waals surface area contributed by atoms with Crippen molar-refractivity contribution in [2.24, 2.45) is 5.92 Å². The number of nitrogens with zero attached hydrogens (tertiary/aromatic N) is 4. The van der Waals surface area contributed by atoms with E-state index in [0.717, 1.165) is 56.4 Å². The van der Waals surface area contributed by atoms with Gasteiger partial charge in [-0.1, -0.05) is 0 Å². The number of Topliss-reactive ketones (excluding diaryl/α,β-unsaturated/α-hetero) is 1. The predicted octanol–water partition coefficient (Wildman–Crippen LogP) is 1.64. The zero-order chi connectivity index (χ0) is 15.6. The lowest BCUT2D eigenvalue weighted by Gasteiger charge is -2.36. The highest BCUT2D eigenvalue weighted by Crippen LogP contribution is 2.27. The molecule has 0 N–H and O–H groups in total. The van der Waals surface area contributed by atoms with E-state index in [1.165, 1.54) is 0 Å². The van der Waals surface area contributed by atoms with E-state index in [4.69, 9.17) is 4.42 Å². The molecule has 23 heavy (non-hydrogen) atoms. The SMILES string of the molecule is O=C1C[C@H](CN2CCN(c3ncccn3)CC2)Cc2occc21. The first-order valence-corrected chi connectivity index (χ1v) is 8.13. The molecule has 0 spiro atoms. The van der Waals surface area contributed by atoms with Crippen LogP contribution in [0.25, 0.3) is 0 Å². The Kier molecular flexibility index (Phi) is 3.83. The molecule has 1 aliphatic carbocycles. The first-order valence-electron chi connectivity index (χ1n) is 8.13. The lowest BCUT2D eigenvalue weighted by Crippen LogP contribution is -2.48. The Balaban J connectivity index is 1.33. The number of furan rings is 1. The lowest BCUT2D eigenvalue weighted by molar-refractivity contribution is 0.0922. The van der Waals surface area contributed by atoms with Crippen LogP contribution < -0.4 is 4.90 Å². The lowest BCUT2D eigenvalue weighted by atomic mass is 9.87. The van der Waals surface area contributed by atoms with Gasteiger partial charge in [-0.25, -0.2) is 9.97 Å². The van der Waals surface area contributed by atoms with Crippen LogP contribution in [-0.4, -0.2) is 53.4 Å². The molecule has 0 saturated carbocycles. The van der Waals surface area contributed by atoms with E-state index in [2.05, 4.69) is 19.8 Å². The standard InChI is InChI=1S/C17H20N4O2/c22-15-10-13(11-16-14(15)2-9-23-16)12-20-5-7-21(8-6-20)17-18-3-1-4-19-17/h1-4,9,13H,5-8,10-12H2/t13-/m0/s1. The number of hydrogen-bond donors (Lipinski definition) is 0. The van der Waals surface area contributed by atoms with Crippen LogP contribution in [0.5, 0.6) is 0 Å². The average Bonchev–Trinajstić information content (AvgIpc) is 3.05. The minimum Gasteiger partial charge on any atom is -0.469 e. The Hall–Kier alpha value is -2.21. The number of aromatic nitrogens is 2. The summed E-state index contributed by atoms with van der Waals surface area (Å²) in [7, 11) is 0. The number of carbonyl (C=O) groups excluding carboxylic acids is 1. The molecular weight excluding hydrogens is 292 g/mol. The molecular formula is C17H20N4O2. The highest BCUT2D eigenvalue weighted by molar-refractivity contribution is 5.98. The van der Waals surface area contributed by atoms with Gasteiger partial charge in [0.1, 0.15) is 5.76 Å². The number of anilines is 1. The van der Waals surface area contributed by atoms with Gasteiger partial charge < -0.3 is 9.32 Å². The fourth-order valence-corrected chi connectivity index (χ4v) is 3.53. The molecule has 2 aromatic rings. The predicted molar refractivity (Wildman–Crippen MR) is 85.5 cm³/mol. The molecule has 1 fully saturated rings. The maximum absolute atomic E-state index is 12.1. The van der Waals surface area contributed by atoms with Crippen molar-refractivity contribution >= 4 is 11.7 Å². The van der Waals surface area contributed by atoms with Gasteiger partial charge in [0.15, 0.2) is 5.78 Å². The number of carbonyl (C=O) groups is 1. The number of rotatable bonds is 3. The molecule has 6 nitrogen and oxygen atoms in total. The number of ketones is 1. The van der Waals surface area contributed by atoms with Crippen molar-refractivity contribution in [2.45, 2.75) is 12.8 Å². The normalized spacial score (nSPS) is 22.2. The highest BCUT2D eigenvalue weighted by atomic mass is 16.3.